The predicted molar refractivity (Wildman–Crippen MR) is 102 cm³/mol. The Labute approximate surface area is 157 Å². The zero-order valence-corrected chi connectivity index (χ0v) is 15.9. The number of nitrogens with zero attached hydrogens (tertiary/aromatic N) is 5. The van der Waals surface area contributed by atoms with Gasteiger partial charge in [0.2, 0.25) is 5.13 Å². The van der Waals surface area contributed by atoms with Crippen molar-refractivity contribution in [2.24, 2.45) is 5.92 Å². The van der Waals surface area contributed by atoms with E-state index < -0.39 is 0 Å². The Bertz CT molecular complexity index is 848. The first-order valence-corrected chi connectivity index (χ1v) is 10.8. The molecule has 7 heteroatoms. The van der Waals surface area contributed by atoms with Gasteiger partial charge in [0.25, 0.3) is 5.56 Å². The second-order valence-electron chi connectivity index (χ2n) is 7.97. The van der Waals surface area contributed by atoms with Gasteiger partial charge in [-0.05, 0) is 62.8 Å². The highest BCUT2D eigenvalue weighted by Crippen LogP contribution is 2.42. The van der Waals surface area contributed by atoms with E-state index in [2.05, 4.69) is 20.2 Å². The van der Waals surface area contributed by atoms with E-state index in [0.717, 1.165) is 56.1 Å². The summed E-state index contributed by atoms with van der Waals surface area (Å²) in [5.41, 5.74) is 2.40. The van der Waals surface area contributed by atoms with E-state index in [1.807, 2.05) is 6.07 Å². The van der Waals surface area contributed by atoms with Crippen LogP contribution in [0.5, 0.6) is 0 Å². The van der Waals surface area contributed by atoms with Crippen LogP contribution in [0.4, 0.5) is 5.13 Å². The van der Waals surface area contributed by atoms with Crippen LogP contribution in [0.3, 0.4) is 0 Å². The molecule has 0 bridgehead atoms. The second kappa shape index (κ2) is 6.76. The van der Waals surface area contributed by atoms with Gasteiger partial charge in [0, 0.05) is 31.6 Å². The lowest BCUT2D eigenvalue weighted by atomic mass is 9.96. The topological polar surface area (TPSA) is 63.9 Å². The quantitative estimate of drug-likeness (QED) is 0.827. The minimum atomic E-state index is 0.0753. The highest BCUT2D eigenvalue weighted by molar-refractivity contribution is 7.15. The van der Waals surface area contributed by atoms with Crippen molar-refractivity contribution in [3.63, 3.8) is 0 Å². The van der Waals surface area contributed by atoms with E-state index in [1.165, 1.54) is 36.3 Å². The fourth-order valence-electron chi connectivity index (χ4n) is 4.13. The molecule has 1 aliphatic heterocycles. The first kappa shape index (κ1) is 16.4. The highest BCUT2D eigenvalue weighted by atomic mass is 32.1. The van der Waals surface area contributed by atoms with Crippen LogP contribution < -0.4 is 10.5 Å². The first-order valence-electron chi connectivity index (χ1n) is 9.94. The maximum atomic E-state index is 12.4. The number of anilines is 1. The van der Waals surface area contributed by atoms with Gasteiger partial charge in [0.1, 0.15) is 5.01 Å². The van der Waals surface area contributed by atoms with Gasteiger partial charge in [-0.25, -0.2) is 4.68 Å². The van der Waals surface area contributed by atoms with Gasteiger partial charge in [-0.15, -0.1) is 10.2 Å². The maximum absolute atomic E-state index is 12.4. The van der Waals surface area contributed by atoms with E-state index >= 15 is 0 Å². The first-order chi connectivity index (χ1) is 12.8. The molecule has 5 rings (SSSR count). The average Bonchev–Trinajstić information content (AvgIpc) is 3.40. The molecule has 0 aromatic carbocycles. The molecule has 6 nitrogen and oxygen atoms in total. The van der Waals surface area contributed by atoms with Crippen LogP contribution in [0, 0.1) is 5.92 Å². The molecule has 0 amide bonds. The SMILES string of the molecule is O=c1cc2c(nn1CC1CCN(c3nnc(C4CC4)s3)CC1)CCCC2. The molecule has 0 N–H and O–H groups in total. The van der Waals surface area contributed by atoms with Gasteiger partial charge in [0.15, 0.2) is 0 Å². The van der Waals surface area contributed by atoms with Gasteiger partial charge in [-0.1, -0.05) is 11.3 Å². The third-order valence-electron chi connectivity index (χ3n) is 5.95. The van der Waals surface area contributed by atoms with Crippen molar-refractivity contribution in [1.82, 2.24) is 20.0 Å². The molecule has 2 aliphatic carbocycles. The molecule has 0 spiro atoms. The molecule has 1 saturated carbocycles. The fourth-order valence-corrected chi connectivity index (χ4v) is 5.20. The summed E-state index contributed by atoms with van der Waals surface area (Å²) in [5.74, 6) is 1.20. The third-order valence-corrected chi connectivity index (χ3v) is 7.09. The summed E-state index contributed by atoms with van der Waals surface area (Å²) in [6.45, 7) is 2.76. The maximum Gasteiger partial charge on any atom is 0.267 e. The van der Waals surface area contributed by atoms with E-state index in [1.54, 1.807) is 16.0 Å². The van der Waals surface area contributed by atoms with Crippen molar-refractivity contribution in [2.75, 3.05) is 18.0 Å². The molecule has 1 saturated heterocycles. The largest absolute Gasteiger partial charge is 0.347 e. The Morgan fingerprint density at radius 3 is 2.69 bits per heavy atom. The van der Waals surface area contributed by atoms with Crippen molar-refractivity contribution in [1.29, 1.82) is 0 Å². The molecule has 3 heterocycles. The van der Waals surface area contributed by atoms with Crippen molar-refractivity contribution < 1.29 is 0 Å². The van der Waals surface area contributed by atoms with E-state index in [-0.39, 0.29) is 5.56 Å². The molecule has 3 aliphatic rings. The van der Waals surface area contributed by atoms with Crippen molar-refractivity contribution in [3.8, 4) is 0 Å². The van der Waals surface area contributed by atoms with Crippen molar-refractivity contribution in [2.45, 2.75) is 63.8 Å². The number of hydrogen-bond acceptors (Lipinski definition) is 6. The van der Waals surface area contributed by atoms with Crippen LogP contribution in [-0.4, -0.2) is 33.1 Å². The predicted octanol–water partition coefficient (Wildman–Crippen LogP) is 2.77. The zero-order chi connectivity index (χ0) is 17.5. The normalized spacial score (nSPS) is 21.0. The molecule has 2 aromatic heterocycles. The monoisotopic (exact) mass is 371 g/mol. The van der Waals surface area contributed by atoms with Crippen LogP contribution in [0.2, 0.25) is 0 Å². The summed E-state index contributed by atoms with van der Waals surface area (Å²) >= 11 is 1.77. The van der Waals surface area contributed by atoms with Gasteiger partial charge >= 0.3 is 0 Å². The van der Waals surface area contributed by atoms with Gasteiger partial charge in [-0.3, -0.25) is 4.79 Å². The summed E-state index contributed by atoms with van der Waals surface area (Å²) in [4.78, 5) is 14.8. The molecule has 0 atom stereocenters. The average molecular weight is 372 g/mol. The Kier molecular flexibility index (Phi) is 4.27. The molecule has 26 heavy (non-hydrogen) atoms. The Morgan fingerprint density at radius 1 is 1.08 bits per heavy atom. The minimum Gasteiger partial charge on any atom is -0.347 e. The van der Waals surface area contributed by atoms with Crippen molar-refractivity contribution >= 4 is 16.5 Å². The number of fused-ring (bicyclic) bond motifs is 1. The Balaban J connectivity index is 1.22. The summed E-state index contributed by atoms with van der Waals surface area (Å²) < 4.78 is 1.72. The summed E-state index contributed by atoms with van der Waals surface area (Å²) in [6, 6.07) is 1.83. The molecule has 0 radical (unpaired) electrons. The smallest absolute Gasteiger partial charge is 0.267 e. The van der Waals surface area contributed by atoms with Crippen molar-refractivity contribution in [3.05, 3.63) is 32.7 Å². The fraction of sp³-hybridized carbons (Fsp3) is 0.684. The van der Waals surface area contributed by atoms with Crippen LogP contribution >= 0.6 is 11.3 Å². The molecule has 2 aromatic rings. The Hall–Kier alpha value is -1.76. The Morgan fingerprint density at radius 2 is 1.88 bits per heavy atom. The molecular weight excluding hydrogens is 346 g/mol. The van der Waals surface area contributed by atoms with E-state index in [0.29, 0.717) is 11.8 Å². The zero-order valence-electron chi connectivity index (χ0n) is 15.1. The van der Waals surface area contributed by atoms with Crippen LogP contribution in [0.15, 0.2) is 10.9 Å². The summed E-state index contributed by atoms with van der Waals surface area (Å²) in [5, 5.41) is 15.7. The standard InChI is InChI=1S/C19H25N5OS/c25-17-11-15-3-1-2-4-16(15)22-24(17)12-13-7-9-23(10-8-13)19-21-20-18(26-19)14-5-6-14/h11,13-14H,1-10,12H2. The third kappa shape index (κ3) is 3.29. The van der Waals surface area contributed by atoms with E-state index in [9.17, 15) is 4.79 Å². The summed E-state index contributed by atoms with van der Waals surface area (Å²) in [6.07, 6.45) is 9.15. The minimum absolute atomic E-state index is 0.0753. The molecule has 138 valence electrons. The van der Waals surface area contributed by atoms with Crippen LogP contribution in [-0.2, 0) is 19.4 Å². The van der Waals surface area contributed by atoms with Gasteiger partial charge < -0.3 is 4.90 Å². The van der Waals surface area contributed by atoms with E-state index in [4.69, 9.17) is 0 Å². The highest BCUT2D eigenvalue weighted by Gasteiger charge is 2.29. The molecule has 0 unspecified atom stereocenters. The number of aromatic nitrogens is 4. The van der Waals surface area contributed by atoms with Crippen LogP contribution in [0.25, 0.3) is 0 Å². The number of hydrogen-bond donors (Lipinski definition) is 0. The number of piperidine rings is 1. The number of rotatable bonds is 4. The van der Waals surface area contributed by atoms with Crippen LogP contribution in [0.1, 0.15) is 60.7 Å². The second-order valence-corrected chi connectivity index (χ2v) is 8.96. The van der Waals surface area contributed by atoms with Gasteiger partial charge in [0.05, 0.1) is 5.69 Å². The summed E-state index contributed by atoms with van der Waals surface area (Å²) in [7, 11) is 0. The lowest BCUT2D eigenvalue weighted by molar-refractivity contribution is 0.332. The number of aryl methyl sites for hydroxylation is 2. The molecule has 2 fully saturated rings. The molecular formula is C19H25N5OS. The lowest BCUT2D eigenvalue weighted by Crippen LogP contribution is -2.37. The lowest BCUT2D eigenvalue weighted by Gasteiger charge is -2.31. The van der Waals surface area contributed by atoms with Gasteiger partial charge in [-0.2, -0.15) is 5.10 Å².